The smallest absolute Gasteiger partial charge is 0.217 e. The van der Waals surface area contributed by atoms with Crippen LogP contribution in [-0.4, -0.2) is 68.6 Å². The van der Waals surface area contributed by atoms with Crippen LogP contribution in [0.25, 0.3) is 10.4 Å². The lowest BCUT2D eigenvalue weighted by Crippen LogP contribution is -2.63. The third kappa shape index (κ3) is 10.3. The number of ether oxygens (including phenoxy) is 4. The van der Waals surface area contributed by atoms with Crippen LogP contribution in [-0.2, 0) is 23.7 Å². The summed E-state index contributed by atoms with van der Waals surface area (Å²) in [6, 6.07) is -0.547. The van der Waals surface area contributed by atoms with Crippen molar-refractivity contribution in [1.82, 2.24) is 5.32 Å². The average Bonchev–Trinajstić information content (AvgIpc) is 3.10. The fourth-order valence-corrected chi connectivity index (χ4v) is 6.99. The molecule has 0 saturated carbocycles. The second-order valence-electron chi connectivity index (χ2n) is 15.0. The van der Waals surface area contributed by atoms with Crippen molar-refractivity contribution in [2.24, 2.45) is 15.9 Å². The van der Waals surface area contributed by atoms with Gasteiger partial charge in [-0.05, 0) is 80.4 Å². The topological polar surface area (TPSA) is 135 Å². The van der Waals surface area contributed by atoms with Crippen LogP contribution in [0.3, 0.4) is 0 Å². The van der Waals surface area contributed by atoms with Gasteiger partial charge in [0.1, 0.15) is 18.2 Å². The summed E-state index contributed by atoms with van der Waals surface area (Å²) in [5.74, 6) is -1.07. The largest absolute Gasteiger partial charge is 0.432 e. The Kier molecular flexibility index (Phi) is 11.7. The molecule has 0 spiro atoms. The van der Waals surface area contributed by atoms with E-state index in [1.54, 1.807) is 0 Å². The molecule has 0 aliphatic carbocycles. The van der Waals surface area contributed by atoms with E-state index >= 15 is 0 Å². The van der Waals surface area contributed by atoms with Gasteiger partial charge in [0.2, 0.25) is 5.91 Å². The SMILES string of the molecule is CC(=O)NC1C(OCCCC(C)(C)CC(C)(C)CCCC(C)(C)[Si](C)(C)O)OC(CN=[N+]=[N-])C2OC(C)(C)OC12. The molecule has 0 aromatic heterocycles. The quantitative estimate of drug-likeness (QED) is 0.0748. The van der Waals surface area contributed by atoms with Crippen molar-refractivity contribution in [2.45, 2.75) is 155 Å². The molecule has 40 heavy (non-hydrogen) atoms. The summed E-state index contributed by atoms with van der Waals surface area (Å²) in [5.41, 5.74) is 9.18. The van der Waals surface area contributed by atoms with Crippen LogP contribution in [0.15, 0.2) is 5.11 Å². The van der Waals surface area contributed by atoms with Crippen molar-refractivity contribution < 1.29 is 28.5 Å². The minimum atomic E-state index is -2.19. The molecule has 0 aromatic rings. The van der Waals surface area contributed by atoms with E-state index in [9.17, 15) is 9.59 Å². The number of hydrogen-bond acceptors (Lipinski definition) is 7. The monoisotopic (exact) mass is 584 g/mol. The molecule has 0 bridgehead atoms. The first-order valence-corrected chi connectivity index (χ1v) is 17.8. The number of carbonyl (C=O) groups excluding carboxylic acids is 1. The number of carbonyl (C=O) groups is 1. The summed E-state index contributed by atoms with van der Waals surface area (Å²) in [4.78, 5) is 25.5. The van der Waals surface area contributed by atoms with Crippen LogP contribution in [0.4, 0.5) is 0 Å². The number of fused-ring (bicyclic) bond motifs is 1. The summed E-state index contributed by atoms with van der Waals surface area (Å²) in [6.07, 6.45) is 3.93. The van der Waals surface area contributed by atoms with E-state index < -0.39 is 44.7 Å². The zero-order chi connectivity index (χ0) is 30.6. The van der Waals surface area contributed by atoms with Crippen molar-refractivity contribution in [3.63, 3.8) is 0 Å². The predicted molar refractivity (Wildman–Crippen MR) is 159 cm³/mol. The predicted octanol–water partition coefficient (Wildman–Crippen LogP) is 6.43. The average molecular weight is 585 g/mol. The van der Waals surface area contributed by atoms with Gasteiger partial charge in [-0.3, -0.25) is 4.79 Å². The summed E-state index contributed by atoms with van der Waals surface area (Å²) in [7, 11) is -2.19. The van der Waals surface area contributed by atoms with E-state index in [-0.39, 0.29) is 28.3 Å². The number of nitrogens with one attached hydrogen (secondary N) is 1. The molecule has 2 heterocycles. The first-order valence-electron chi connectivity index (χ1n) is 14.8. The Morgan fingerprint density at radius 1 is 1.05 bits per heavy atom. The first-order chi connectivity index (χ1) is 18.2. The highest BCUT2D eigenvalue weighted by atomic mass is 28.4. The minimum absolute atomic E-state index is 0.0115. The van der Waals surface area contributed by atoms with Crippen molar-refractivity contribution in [3.05, 3.63) is 10.4 Å². The Labute approximate surface area is 243 Å². The number of amides is 1. The molecule has 2 saturated heterocycles. The Bertz CT molecular complexity index is 897. The van der Waals surface area contributed by atoms with Gasteiger partial charge in [0.05, 0.1) is 12.6 Å². The Hall–Kier alpha value is -1.20. The molecule has 2 aliphatic heterocycles. The number of azide groups is 1. The molecule has 5 atom stereocenters. The van der Waals surface area contributed by atoms with Crippen molar-refractivity contribution in [3.8, 4) is 0 Å². The van der Waals surface area contributed by atoms with Crippen LogP contribution < -0.4 is 5.32 Å². The van der Waals surface area contributed by atoms with E-state index in [0.717, 1.165) is 38.5 Å². The van der Waals surface area contributed by atoms with Crippen LogP contribution in [0.1, 0.15) is 101 Å². The molecule has 2 fully saturated rings. The fraction of sp³-hybridized carbons (Fsp3) is 0.966. The maximum atomic E-state index is 12.0. The normalized spacial score (nSPS) is 27.1. The van der Waals surface area contributed by atoms with E-state index in [0.29, 0.717) is 6.61 Å². The van der Waals surface area contributed by atoms with Crippen LogP contribution >= 0.6 is 0 Å². The van der Waals surface area contributed by atoms with Gasteiger partial charge >= 0.3 is 0 Å². The summed E-state index contributed by atoms with van der Waals surface area (Å²) in [5, 5.41) is 6.65. The van der Waals surface area contributed by atoms with Gasteiger partial charge < -0.3 is 29.1 Å². The number of nitrogens with zero attached hydrogens (tertiary/aromatic N) is 3. The highest BCUT2D eigenvalue weighted by molar-refractivity contribution is 6.72. The molecule has 10 nitrogen and oxygen atoms in total. The molecule has 0 aromatic carbocycles. The van der Waals surface area contributed by atoms with Gasteiger partial charge in [-0.15, -0.1) is 0 Å². The summed E-state index contributed by atoms with van der Waals surface area (Å²) >= 11 is 0. The zero-order valence-electron chi connectivity index (χ0n) is 26.9. The van der Waals surface area contributed by atoms with E-state index in [2.05, 4.69) is 56.9 Å². The molecule has 2 rings (SSSR count). The second kappa shape index (κ2) is 13.4. The highest BCUT2D eigenvalue weighted by Crippen LogP contribution is 2.44. The van der Waals surface area contributed by atoms with E-state index in [4.69, 9.17) is 24.5 Å². The van der Waals surface area contributed by atoms with Gasteiger partial charge in [-0.1, -0.05) is 53.1 Å². The van der Waals surface area contributed by atoms with Crippen LogP contribution in [0.2, 0.25) is 18.1 Å². The Morgan fingerprint density at radius 3 is 2.17 bits per heavy atom. The summed E-state index contributed by atoms with van der Waals surface area (Å²) in [6.45, 7) is 23.4. The van der Waals surface area contributed by atoms with E-state index in [1.165, 1.54) is 6.92 Å². The number of rotatable bonds is 15. The lowest BCUT2D eigenvalue weighted by atomic mass is 9.70. The molecule has 232 valence electrons. The second-order valence-corrected chi connectivity index (χ2v) is 19.5. The van der Waals surface area contributed by atoms with Gasteiger partial charge in [-0.2, -0.15) is 0 Å². The Balaban J connectivity index is 1.94. The molecular formula is C29H56N4O6Si. The molecule has 2 aliphatic rings. The third-order valence-electron chi connectivity index (χ3n) is 8.73. The fourth-order valence-electron chi connectivity index (χ4n) is 6.20. The van der Waals surface area contributed by atoms with Gasteiger partial charge in [0.15, 0.2) is 20.4 Å². The van der Waals surface area contributed by atoms with Gasteiger partial charge in [0, 0.05) is 18.4 Å². The molecule has 5 unspecified atom stereocenters. The maximum absolute atomic E-state index is 12.0. The molecule has 11 heteroatoms. The van der Waals surface area contributed by atoms with Crippen molar-refractivity contribution in [2.75, 3.05) is 13.2 Å². The molecule has 2 N–H and O–H groups in total. The Morgan fingerprint density at radius 2 is 1.62 bits per heavy atom. The first kappa shape index (κ1) is 35.0. The zero-order valence-corrected chi connectivity index (χ0v) is 27.9. The van der Waals surface area contributed by atoms with E-state index in [1.807, 2.05) is 26.9 Å². The van der Waals surface area contributed by atoms with Crippen molar-refractivity contribution >= 4 is 14.2 Å². The molecular weight excluding hydrogens is 528 g/mol. The standard InChI is InChI=1S/C29H56N4O6Si/c1-20(34)32-22-24-23(38-29(8,9)39-24)21(18-31-33-30)37-25(22)36-17-13-15-27(4,5)19-26(2,3)14-12-16-28(6,7)40(10,11)35/h21-25,35H,12-19H2,1-11H3,(H,32,34). The number of hydrogen-bond donors (Lipinski definition) is 2. The van der Waals surface area contributed by atoms with Gasteiger partial charge in [0.25, 0.3) is 0 Å². The van der Waals surface area contributed by atoms with Crippen LogP contribution in [0.5, 0.6) is 0 Å². The lowest BCUT2D eigenvalue weighted by Gasteiger charge is -2.42. The minimum Gasteiger partial charge on any atom is -0.432 e. The molecule has 1 amide bonds. The summed E-state index contributed by atoms with van der Waals surface area (Å²) < 4.78 is 24.6. The lowest BCUT2D eigenvalue weighted by molar-refractivity contribution is -0.242. The van der Waals surface area contributed by atoms with Crippen LogP contribution in [0, 0.1) is 10.8 Å². The third-order valence-corrected chi connectivity index (χ3v) is 12.3. The van der Waals surface area contributed by atoms with Crippen molar-refractivity contribution in [1.29, 1.82) is 0 Å². The molecule has 0 radical (unpaired) electrons. The maximum Gasteiger partial charge on any atom is 0.217 e. The van der Waals surface area contributed by atoms with Gasteiger partial charge in [-0.25, -0.2) is 0 Å². The highest BCUT2D eigenvalue weighted by Gasteiger charge is 2.55.